The summed E-state index contributed by atoms with van der Waals surface area (Å²) < 4.78 is 0. The molecule has 0 aromatic heterocycles. The molecule has 0 atom stereocenters. The van der Waals surface area contributed by atoms with Crippen LogP contribution >= 0.6 is 0 Å². The number of hydrogen-bond acceptors (Lipinski definition) is 3. The van der Waals surface area contributed by atoms with Crippen LogP contribution < -0.4 is 0 Å². The number of hydrogen-bond donors (Lipinski definition) is 2. The molecule has 0 saturated carbocycles. The molecule has 96 valence electrons. The normalized spacial score (nSPS) is 13.6. The molecule has 3 rings (SSSR count). The minimum Gasteiger partial charge on any atom is -0.478 e. The number of aromatic amines is 1. The molecule has 2 aliphatic heterocycles. The van der Waals surface area contributed by atoms with Gasteiger partial charge in [-0.15, -0.1) is 0 Å². The average molecular weight is 257 g/mol. The maximum atomic E-state index is 11.5. The standard InChI is InChI=1S/C13H11N3O3/c1-7(17)16-3-2-11-12-8(5-14-15-11)4-9(13(18)19)10(12)6-16/h2-5,14H,6H2,1H3,(H,18,19). The van der Waals surface area contributed by atoms with Gasteiger partial charge in [0.05, 0.1) is 17.8 Å². The molecule has 0 fully saturated rings. The lowest BCUT2D eigenvalue weighted by atomic mass is 10.1. The summed E-state index contributed by atoms with van der Waals surface area (Å²) in [5, 5.41) is 16.1. The van der Waals surface area contributed by atoms with Gasteiger partial charge < -0.3 is 10.0 Å². The zero-order chi connectivity index (χ0) is 13.6. The van der Waals surface area contributed by atoms with Crippen LogP contribution in [0.2, 0.25) is 0 Å². The van der Waals surface area contributed by atoms with Gasteiger partial charge in [0.1, 0.15) is 0 Å². The van der Waals surface area contributed by atoms with Crippen LogP contribution in [0.1, 0.15) is 28.5 Å². The van der Waals surface area contributed by atoms with Gasteiger partial charge in [0.2, 0.25) is 5.91 Å². The van der Waals surface area contributed by atoms with Crippen LogP contribution in [0, 0.1) is 0 Å². The Morgan fingerprint density at radius 3 is 2.95 bits per heavy atom. The van der Waals surface area contributed by atoms with E-state index in [0.29, 0.717) is 11.3 Å². The first-order chi connectivity index (χ1) is 9.08. The Kier molecular flexibility index (Phi) is 2.38. The molecule has 0 saturated heterocycles. The summed E-state index contributed by atoms with van der Waals surface area (Å²) in [7, 11) is 0. The van der Waals surface area contributed by atoms with Crippen molar-refractivity contribution in [1.29, 1.82) is 0 Å². The van der Waals surface area contributed by atoms with Crippen molar-refractivity contribution in [3.05, 3.63) is 35.3 Å². The summed E-state index contributed by atoms with van der Waals surface area (Å²) in [6, 6.07) is 1.60. The van der Waals surface area contributed by atoms with E-state index in [4.69, 9.17) is 0 Å². The van der Waals surface area contributed by atoms with Gasteiger partial charge in [0.25, 0.3) is 0 Å². The van der Waals surface area contributed by atoms with E-state index >= 15 is 0 Å². The van der Waals surface area contributed by atoms with Crippen molar-refractivity contribution < 1.29 is 14.7 Å². The zero-order valence-corrected chi connectivity index (χ0v) is 10.2. The van der Waals surface area contributed by atoms with Crippen molar-refractivity contribution >= 4 is 18.0 Å². The molecule has 3 aliphatic rings. The molecule has 0 bridgehead atoms. The van der Waals surface area contributed by atoms with Gasteiger partial charge in [-0.05, 0) is 17.7 Å². The topological polar surface area (TPSA) is 86.3 Å². The molecule has 1 aliphatic carbocycles. The number of aromatic nitrogens is 2. The summed E-state index contributed by atoms with van der Waals surface area (Å²) in [6.45, 7) is 1.69. The number of nitrogens with zero attached hydrogens (tertiary/aromatic N) is 2. The van der Waals surface area contributed by atoms with Crippen LogP contribution in [0.4, 0.5) is 0 Å². The fraction of sp³-hybridized carbons (Fsp3) is 0.154. The highest BCUT2D eigenvalue weighted by molar-refractivity contribution is 5.97. The Balaban J connectivity index is 2.28. The molecule has 0 unspecified atom stereocenters. The van der Waals surface area contributed by atoms with Crippen molar-refractivity contribution in [2.24, 2.45) is 0 Å². The molecule has 19 heavy (non-hydrogen) atoms. The van der Waals surface area contributed by atoms with E-state index < -0.39 is 5.97 Å². The van der Waals surface area contributed by atoms with E-state index in [0.717, 1.165) is 11.1 Å². The van der Waals surface area contributed by atoms with Crippen molar-refractivity contribution in [2.45, 2.75) is 13.5 Å². The molecule has 1 amide bonds. The number of rotatable bonds is 1. The maximum absolute atomic E-state index is 11.5. The third-order valence-electron chi connectivity index (χ3n) is 3.25. The minimum absolute atomic E-state index is 0.140. The Morgan fingerprint density at radius 2 is 2.26 bits per heavy atom. The van der Waals surface area contributed by atoms with Crippen LogP contribution in [0.25, 0.3) is 17.2 Å². The first kappa shape index (κ1) is 11.5. The lowest BCUT2D eigenvalue weighted by Gasteiger charge is -2.15. The largest absolute Gasteiger partial charge is 0.478 e. The highest BCUT2D eigenvalue weighted by atomic mass is 16.4. The molecule has 2 heterocycles. The lowest BCUT2D eigenvalue weighted by molar-refractivity contribution is -0.126. The number of amides is 1. The highest BCUT2D eigenvalue weighted by Crippen LogP contribution is 2.36. The summed E-state index contributed by atoms with van der Waals surface area (Å²) in [5.41, 5.74) is 3.05. The second kappa shape index (κ2) is 3.94. The highest BCUT2D eigenvalue weighted by Gasteiger charge is 2.26. The molecule has 6 heteroatoms. The van der Waals surface area contributed by atoms with E-state index in [9.17, 15) is 14.7 Å². The van der Waals surface area contributed by atoms with Crippen LogP contribution in [-0.4, -0.2) is 32.1 Å². The molecule has 0 aromatic carbocycles. The van der Waals surface area contributed by atoms with Gasteiger partial charge in [-0.25, -0.2) is 4.79 Å². The fourth-order valence-corrected chi connectivity index (χ4v) is 2.34. The zero-order valence-electron chi connectivity index (χ0n) is 10.2. The molecule has 6 nitrogen and oxygen atoms in total. The number of nitrogens with one attached hydrogen (secondary N) is 1. The van der Waals surface area contributed by atoms with Gasteiger partial charge >= 0.3 is 5.97 Å². The third-order valence-corrected chi connectivity index (χ3v) is 3.25. The number of aromatic carboxylic acids is 1. The van der Waals surface area contributed by atoms with Gasteiger partial charge in [-0.3, -0.25) is 9.89 Å². The van der Waals surface area contributed by atoms with Crippen LogP contribution in [0.5, 0.6) is 0 Å². The van der Waals surface area contributed by atoms with E-state index in [1.807, 2.05) is 0 Å². The Bertz CT molecular complexity index is 687. The monoisotopic (exact) mass is 257 g/mol. The minimum atomic E-state index is -0.998. The first-order valence-electron chi connectivity index (χ1n) is 5.76. The van der Waals surface area contributed by atoms with E-state index in [1.165, 1.54) is 11.8 Å². The maximum Gasteiger partial charge on any atom is 0.336 e. The fourth-order valence-electron chi connectivity index (χ4n) is 2.34. The summed E-state index contributed by atoms with van der Waals surface area (Å²) in [5.74, 6) is -1.14. The van der Waals surface area contributed by atoms with Gasteiger partial charge in [-0.2, -0.15) is 5.10 Å². The molecule has 0 spiro atoms. The summed E-state index contributed by atoms with van der Waals surface area (Å²) in [4.78, 5) is 24.3. The Hall–Kier alpha value is -2.63. The van der Waals surface area contributed by atoms with Gasteiger partial charge in [0, 0.05) is 30.4 Å². The van der Waals surface area contributed by atoms with E-state index in [1.54, 1.807) is 24.5 Å². The Morgan fingerprint density at radius 1 is 1.47 bits per heavy atom. The summed E-state index contributed by atoms with van der Waals surface area (Å²) in [6.07, 6.45) is 5.00. The number of carbonyl (C=O) groups is 2. The molecule has 0 radical (unpaired) electrons. The third kappa shape index (κ3) is 1.69. The van der Waals surface area contributed by atoms with Crippen molar-refractivity contribution in [3.63, 3.8) is 0 Å². The predicted octanol–water partition coefficient (Wildman–Crippen LogP) is 1.55. The number of H-pyrrole nitrogens is 1. The van der Waals surface area contributed by atoms with E-state index in [-0.39, 0.29) is 18.0 Å². The SMILES string of the molecule is CC(=O)N1C=Cc2n[nH]cc3cc(C(=O)O)c(c2-3)C1. The van der Waals surface area contributed by atoms with Crippen molar-refractivity contribution in [2.75, 3.05) is 0 Å². The Labute approximate surface area is 108 Å². The van der Waals surface area contributed by atoms with Gasteiger partial charge in [0.15, 0.2) is 0 Å². The van der Waals surface area contributed by atoms with E-state index in [2.05, 4.69) is 10.2 Å². The molecule has 2 N–H and O–H groups in total. The quantitative estimate of drug-likeness (QED) is 0.811. The average Bonchev–Trinajstić information content (AvgIpc) is 2.61. The smallest absolute Gasteiger partial charge is 0.336 e. The number of carbonyl (C=O) groups excluding carboxylic acids is 1. The van der Waals surface area contributed by atoms with Crippen molar-refractivity contribution in [1.82, 2.24) is 15.1 Å². The van der Waals surface area contributed by atoms with Crippen LogP contribution in [0.3, 0.4) is 0 Å². The van der Waals surface area contributed by atoms with Gasteiger partial charge in [-0.1, -0.05) is 0 Å². The molecular weight excluding hydrogens is 246 g/mol. The summed E-state index contributed by atoms with van der Waals surface area (Å²) >= 11 is 0. The second-order valence-electron chi connectivity index (χ2n) is 4.41. The predicted molar refractivity (Wildman–Crippen MR) is 67.4 cm³/mol. The van der Waals surface area contributed by atoms with Crippen LogP contribution in [0.15, 0.2) is 18.5 Å². The second-order valence-corrected chi connectivity index (χ2v) is 4.41. The lowest BCUT2D eigenvalue weighted by Crippen LogP contribution is -2.22. The first-order valence-corrected chi connectivity index (χ1v) is 5.76. The number of carboxylic acids is 1. The molecule has 0 aromatic rings. The number of carboxylic acid groups (broad SMARTS) is 1. The van der Waals surface area contributed by atoms with Crippen LogP contribution in [-0.2, 0) is 11.3 Å². The van der Waals surface area contributed by atoms with Crippen molar-refractivity contribution in [3.8, 4) is 11.1 Å². The molecular formula is C13H11N3O3.